The zero-order valence-corrected chi connectivity index (χ0v) is 10.6. The summed E-state index contributed by atoms with van der Waals surface area (Å²) in [4.78, 5) is 12.0. The number of Topliss-reactive ketones (excluding diaryl/α,β-unsaturated/α-hetero) is 1. The van der Waals surface area contributed by atoms with E-state index in [0.29, 0.717) is 23.3 Å². The lowest BCUT2D eigenvalue weighted by atomic mass is 9.95. The molecule has 1 aliphatic rings. The van der Waals surface area contributed by atoms with Crippen molar-refractivity contribution in [3.05, 3.63) is 47.5 Å². The number of benzene rings is 2. The Kier molecular flexibility index (Phi) is 2.75. The minimum Gasteiger partial charge on any atom is -0.507 e. The molecule has 19 heavy (non-hydrogen) atoms. The highest BCUT2D eigenvalue weighted by Gasteiger charge is 2.25. The fourth-order valence-electron chi connectivity index (χ4n) is 2.61. The zero-order valence-electron chi connectivity index (χ0n) is 10.6. The minimum atomic E-state index is 0.101. The molecule has 2 aromatic rings. The summed E-state index contributed by atoms with van der Waals surface area (Å²) in [7, 11) is 1.60. The van der Waals surface area contributed by atoms with Crippen LogP contribution in [-0.4, -0.2) is 18.0 Å². The standard InChI is InChI=1S/C16H14O3/c1-19-12-4-2-3-11(9-12)16-14(18)8-6-10-5-7-13(17)15(10)16/h2-4,6,8-9,18H,5,7H2,1H3. The smallest absolute Gasteiger partial charge is 0.164 e. The van der Waals surface area contributed by atoms with E-state index in [-0.39, 0.29) is 11.5 Å². The number of carbonyl (C=O) groups is 1. The maximum absolute atomic E-state index is 12.0. The summed E-state index contributed by atoms with van der Waals surface area (Å²) in [5.41, 5.74) is 3.11. The van der Waals surface area contributed by atoms with Crippen molar-refractivity contribution in [1.29, 1.82) is 0 Å². The Morgan fingerprint density at radius 3 is 2.74 bits per heavy atom. The molecule has 0 aliphatic heterocycles. The van der Waals surface area contributed by atoms with Gasteiger partial charge in [-0.3, -0.25) is 4.79 Å². The fourth-order valence-corrected chi connectivity index (χ4v) is 2.61. The van der Waals surface area contributed by atoms with E-state index in [4.69, 9.17) is 4.74 Å². The van der Waals surface area contributed by atoms with Crippen LogP contribution in [0.2, 0.25) is 0 Å². The number of rotatable bonds is 2. The van der Waals surface area contributed by atoms with Crippen LogP contribution < -0.4 is 4.74 Å². The molecule has 2 aromatic carbocycles. The molecule has 3 rings (SSSR count). The van der Waals surface area contributed by atoms with E-state index in [2.05, 4.69) is 0 Å². The maximum atomic E-state index is 12.0. The van der Waals surface area contributed by atoms with Crippen LogP contribution in [-0.2, 0) is 6.42 Å². The first-order valence-corrected chi connectivity index (χ1v) is 6.23. The van der Waals surface area contributed by atoms with Gasteiger partial charge < -0.3 is 9.84 Å². The van der Waals surface area contributed by atoms with Gasteiger partial charge in [0.15, 0.2) is 5.78 Å². The van der Waals surface area contributed by atoms with E-state index >= 15 is 0 Å². The minimum absolute atomic E-state index is 0.101. The van der Waals surface area contributed by atoms with Gasteiger partial charge in [0.1, 0.15) is 11.5 Å². The molecule has 0 radical (unpaired) electrons. The number of phenolic OH excluding ortho intramolecular Hbond substituents is 1. The number of ether oxygens (including phenoxy) is 1. The van der Waals surface area contributed by atoms with Crippen LogP contribution in [0.5, 0.6) is 11.5 Å². The van der Waals surface area contributed by atoms with Crippen LogP contribution in [0, 0.1) is 0 Å². The molecule has 0 saturated carbocycles. The van der Waals surface area contributed by atoms with E-state index in [1.54, 1.807) is 13.2 Å². The van der Waals surface area contributed by atoms with E-state index in [9.17, 15) is 9.90 Å². The highest BCUT2D eigenvalue weighted by Crippen LogP contribution is 2.39. The second kappa shape index (κ2) is 4.43. The molecule has 0 amide bonds. The molecule has 0 unspecified atom stereocenters. The molecule has 3 heteroatoms. The van der Waals surface area contributed by atoms with E-state index < -0.39 is 0 Å². The van der Waals surface area contributed by atoms with Crippen molar-refractivity contribution in [1.82, 2.24) is 0 Å². The van der Waals surface area contributed by atoms with Crippen LogP contribution in [0.1, 0.15) is 22.3 Å². The maximum Gasteiger partial charge on any atom is 0.164 e. The van der Waals surface area contributed by atoms with E-state index in [0.717, 1.165) is 17.5 Å². The molecule has 0 aromatic heterocycles. The van der Waals surface area contributed by atoms with Crippen molar-refractivity contribution in [2.75, 3.05) is 7.11 Å². The summed E-state index contributed by atoms with van der Waals surface area (Å²) in [5, 5.41) is 10.1. The van der Waals surface area contributed by atoms with Crippen LogP contribution in [0.15, 0.2) is 36.4 Å². The van der Waals surface area contributed by atoms with Gasteiger partial charge in [0.25, 0.3) is 0 Å². The Bertz CT molecular complexity index is 659. The second-order valence-electron chi connectivity index (χ2n) is 4.65. The quantitative estimate of drug-likeness (QED) is 0.895. The second-order valence-corrected chi connectivity index (χ2v) is 4.65. The molecular formula is C16H14O3. The topological polar surface area (TPSA) is 46.5 Å². The Labute approximate surface area is 111 Å². The average molecular weight is 254 g/mol. The SMILES string of the molecule is COc1cccc(-c2c(O)ccc3c2C(=O)CC3)c1. The third kappa shape index (κ3) is 1.87. The number of aromatic hydroxyl groups is 1. The highest BCUT2D eigenvalue weighted by molar-refractivity contribution is 6.07. The third-order valence-corrected chi connectivity index (χ3v) is 3.53. The number of aryl methyl sites for hydroxylation is 1. The fraction of sp³-hybridized carbons (Fsp3) is 0.188. The van der Waals surface area contributed by atoms with Gasteiger partial charge in [-0.25, -0.2) is 0 Å². The largest absolute Gasteiger partial charge is 0.507 e. The summed E-state index contributed by atoms with van der Waals surface area (Å²) in [6.07, 6.45) is 1.28. The number of phenols is 1. The van der Waals surface area contributed by atoms with Gasteiger partial charge in [0.05, 0.1) is 7.11 Å². The Morgan fingerprint density at radius 2 is 1.95 bits per heavy atom. The molecule has 1 N–H and O–H groups in total. The van der Waals surface area contributed by atoms with Crippen LogP contribution in [0.4, 0.5) is 0 Å². The van der Waals surface area contributed by atoms with Crippen molar-refractivity contribution < 1.29 is 14.6 Å². The summed E-state index contributed by atoms with van der Waals surface area (Å²) in [6.45, 7) is 0. The van der Waals surface area contributed by atoms with E-state index in [1.807, 2.05) is 30.3 Å². The number of methoxy groups -OCH3 is 1. The van der Waals surface area contributed by atoms with Gasteiger partial charge in [0.2, 0.25) is 0 Å². The van der Waals surface area contributed by atoms with Crippen LogP contribution >= 0.6 is 0 Å². The Hall–Kier alpha value is -2.29. The lowest BCUT2D eigenvalue weighted by molar-refractivity contribution is 0.0995. The van der Waals surface area contributed by atoms with Gasteiger partial charge in [-0.1, -0.05) is 18.2 Å². The zero-order chi connectivity index (χ0) is 13.4. The van der Waals surface area contributed by atoms with Gasteiger partial charge in [0, 0.05) is 17.5 Å². The Balaban J connectivity index is 2.25. The van der Waals surface area contributed by atoms with Crippen LogP contribution in [0.25, 0.3) is 11.1 Å². The molecule has 0 fully saturated rings. The van der Waals surface area contributed by atoms with Crippen molar-refractivity contribution in [3.8, 4) is 22.6 Å². The summed E-state index contributed by atoms with van der Waals surface area (Å²) >= 11 is 0. The van der Waals surface area contributed by atoms with Crippen molar-refractivity contribution in [2.24, 2.45) is 0 Å². The van der Waals surface area contributed by atoms with Crippen LogP contribution in [0.3, 0.4) is 0 Å². The molecule has 3 nitrogen and oxygen atoms in total. The Morgan fingerprint density at radius 1 is 1.11 bits per heavy atom. The predicted octanol–water partition coefficient (Wildman–Crippen LogP) is 3.20. The molecule has 96 valence electrons. The lowest BCUT2D eigenvalue weighted by Gasteiger charge is -2.11. The first-order chi connectivity index (χ1) is 9.20. The third-order valence-electron chi connectivity index (χ3n) is 3.53. The number of carbonyl (C=O) groups excluding carboxylic acids is 1. The molecule has 1 aliphatic carbocycles. The first kappa shape index (κ1) is 11.8. The molecule has 0 atom stereocenters. The molecule has 0 heterocycles. The van der Waals surface area contributed by atoms with Gasteiger partial charge in [-0.05, 0) is 35.7 Å². The molecule has 0 spiro atoms. The van der Waals surface area contributed by atoms with Gasteiger partial charge in [-0.15, -0.1) is 0 Å². The first-order valence-electron chi connectivity index (χ1n) is 6.23. The summed E-state index contributed by atoms with van der Waals surface area (Å²) in [6, 6.07) is 10.9. The lowest BCUT2D eigenvalue weighted by Crippen LogP contribution is -1.96. The number of hydrogen-bond donors (Lipinski definition) is 1. The van der Waals surface area contributed by atoms with Gasteiger partial charge >= 0.3 is 0 Å². The van der Waals surface area contributed by atoms with Gasteiger partial charge in [-0.2, -0.15) is 0 Å². The summed E-state index contributed by atoms with van der Waals surface area (Å²) in [5.74, 6) is 0.950. The molecule has 0 bridgehead atoms. The van der Waals surface area contributed by atoms with E-state index in [1.165, 1.54) is 0 Å². The number of hydrogen-bond acceptors (Lipinski definition) is 3. The molecular weight excluding hydrogens is 240 g/mol. The number of ketones is 1. The predicted molar refractivity (Wildman–Crippen MR) is 72.7 cm³/mol. The van der Waals surface area contributed by atoms with Crippen molar-refractivity contribution in [2.45, 2.75) is 12.8 Å². The number of fused-ring (bicyclic) bond motifs is 1. The normalized spacial score (nSPS) is 13.4. The van der Waals surface area contributed by atoms with Crippen molar-refractivity contribution >= 4 is 5.78 Å². The monoisotopic (exact) mass is 254 g/mol. The van der Waals surface area contributed by atoms with Crippen molar-refractivity contribution in [3.63, 3.8) is 0 Å². The summed E-state index contributed by atoms with van der Waals surface area (Å²) < 4.78 is 5.20. The molecule has 0 saturated heterocycles. The average Bonchev–Trinajstić information content (AvgIpc) is 2.81. The highest BCUT2D eigenvalue weighted by atomic mass is 16.5.